The molecule has 0 amide bonds. The van der Waals surface area contributed by atoms with Gasteiger partial charge in [-0.1, -0.05) is 5.16 Å². The molecule has 0 radical (unpaired) electrons. The first kappa shape index (κ1) is 15.0. The summed E-state index contributed by atoms with van der Waals surface area (Å²) in [5.74, 6) is 0.705. The van der Waals surface area contributed by atoms with Gasteiger partial charge in [0.05, 0.1) is 23.2 Å². The minimum Gasteiger partial charge on any atom is -0.381 e. The van der Waals surface area contributed by atoms with E-state index >= 15 is 0 Å². The quantitative estimate of drug-likeness (QED) is 0.786. The Bertz CT molecular complexity index is 895. The van der Waals surface area contributed by atoms with Crippen LogP contribution in [0.5, 0.6) is 0 Å². The highest BCUT2D eigenvalue weighted by Crippen LogP contribution is 2.33. The van der Waals surface area contributed by atoms with Crippen molar-refractivity contribution in [1.29, 1.82) is 0 Å². The molecule has 0 bridgehead atoms. The van der Waals surface area contributed by atoms with Gasteiger partial charge >= 0.3 is 0 Å². The monoisotopic (exact) mass is 343 g/mol. The van der Waals surface area contributed by atoms with E-state index in [0.29, 0.717) is 22.9 Å². The van der Waals surface area contributed by atoms with Crippen molar-refractivity contribution in [2.45, 2.75) is 24.8 Å². The van der Waals surface area contributed by atoms with E-state index in [2.05, 4.69) is 25.2 Å². The average molecular weight is 343 g/mol. The van der Waals surface area contributed by atoms with Crippen molar-refractivity contribution in [3.05, 3.63) is 30.0 Å². The zero-order valence-electron chi connectivity index (χ0n) is 13.6. The molecule has 3 aromatic rings. The second-order valence-electron chi connectivity index (χ2n) is 6.70. The van der Waals surface area contributed by atoms with Crippen LogP contribution in [0.1, 0.15) is 24.7 Å². The molecule has 1 aromatic carbocycles. The highest BCUT2D eigenvalue weighted by atomic mass is 19.1. The van der Waals surface area contributed by atoms with Gasteiger partial charge in [-0.15, -0.1) is 0 Å². The molecule has 2 aliphatic rings. The largest absolute Gasteiger partial charge is 0.381 e. The Morgan fingerprint density at radius 3 is 2.88 bits per heavy atom. The van der Waals surface area contributed by atoms with Crippen molar-refractivity contribution in [2.24, 2.45) is 0 Å². The zero-order chi connectivity index (χ0) is 16.8. The number of halogens is 1. The number of hydrogen-bond acceptors (Lipinski definition) is 6. The summed E-state index contributed by atoms with van der Waals surface area (Å²) in [5, 5.41) is 11.5. The number of likely N-dealkylation sites (tertiary alicyclic amines) is 1. The van der Waals surface area contributed by atoms with E-state index in [1.165, 1.54) is 6.07 Å². The minimum absolute atomic E-state index is 0.218. The molecule has 2 saturated heterocycles. The Kier molecular flexibility index (Phi) is 3.53. The highest BCUT2D eigenvalue weighted by molar-refractivity contribution is 5.92. The zero-order valence-corrected chi connectivity index (χ0v) is 13.6. The number of aromatic amines is 1. The van der Waals surface area contributed by atoms with Gasteiger partial charge in [-0.05, 0) is 25.0 Å². The first-order chi connectivity index (χ1) is 12.3. The number of fused-ring (bicyclic) bond motifs is 1. The van der Waals surface area contributed by atoms with Gasteiger partial charge < -0.3 is 9.26 Å². The smallest absolute Gasteiger partial charge is 0.232 e. The van der Waals surface area contributed by atoms with Gasteiger partial charge in [-0.25, -0.2) is 4.39 Å². The lowest BCUT2D eigenvalue weighted by atomic mass is 9.94. The van der Waals surface area contributed by atoms with Crippen LogP contribution in [-0.2, 0) is 4.74 Å². The van der Waals surface area contributed by atoms with Gasteiger partial charge in [0.2, 0.25) is 11.7 Å². The summed E-state index contributed by atoms with van der Waals surface area (Å²) in [4.78, 5) is 6.90. The number of nitrogens with zero attached hydrogens (tertiary/aromatic N) is 4. The number of nitrogens with one attached hydrogen (secondary N) is 1. The lowest BCUT2D eigenvalue weighted by Gasteiger charge is -2.44. The molecule has 2 fully saturated rings. The maximum atomic E-state index is 14.3. The summed E-state index contributed by atoms with van der Waals surface area (Å²) >= 11 is 0. The molecule has 0 saturated carbocycles. The van der Waals surface area contributed by atoms with Crippen molar-refractivity contribution in [2.75, 3.05) is 26.3 Å². The molecule has 7 nitrogen and oxygen atoms in total. The summed E-state index contributed by atoms with van der Waals surface area (Å²) in [5.41, 5.74) is 1.08. The van der Waals surface area contributed by atoms with Crippen LogP contribution in [0.15, 0.2) is 22.9 Å². The van der Waals surface area contributed by atoms with E-state index in [1.54, 1.807) is 12.3 Å². The molecular weight excluding hydrogens is 325 g/mol. The normalized spacial score (nSPS) is 20.2. The lowest BCUT2D eigenvalue weighted by Crippen LogP contribution is -2.52. The van der Waals surface area contributed by atoms with Gasteiger partial charge in [0.15, 0.2) is 0 Å². The van der Waals surface area contributed by atoms with Crippen molar-refractivity contribution >= 4 is 10.9 Å². The fraction of sp³-hybridized carbons (Fsp3) is 0.471. The third-order valence-electron chi connectivity index (χ3n) is 5.20. The van der Waals surface area contributed by atoms with Crippen LogP contribution < -0.4 is 0 Å². The highest BCUT2D eigenvalue weighted by Gasteiger charge is 2.37. The van der Waals surface area contributed by atoms with Crippen LogP contribution in [0.25, 0.3) is 22.3 Å². The number of rotatable bonds is 3. The second-order valence-corrected chi connectivity index (χ2v) is 6.70. The van der Waals surface area contributed by atoms with Gasteiger partial charge in [0.25, 0.3) is 0 Å². The van der Waals surface area contributed by atoms with Crippen LogP contribution in [-0.4, -0.2) is 57.6 Å². The molecular formula is C17H18FN5O2. The SMILES string of the molecule is Fc1ccc2[nH]ncc2c1-c1noc(C2CN(C3CCOCC3)C2)n1. The van der Waals surface area contributed by atoms with Crippen LogP contribution in [0, 0.1) is 5.82 Å². The van der Waals surface area contributed by atoms with Crippen LogP contribution in [0.4, 0.5) is 4.39 Å². The molecule has 0 unspecified atom stereocenters. The summed E-state index contributed by atoms with van der Waals surface area (Å²) in [7, 11) is 0. The van der Waals surface area contributed by atoms with E-state index < -0.39 is 0 Å². The van der Waals surface area contributed by atoms with Gasteiger partial charge in [0.1, 0.15) is 5.82 Å². The van der Waals surface area contributed by atoms with E-state index in [4.69, 9.17) is 9.26 Å². The molecule has 25 heavy (non-hydrogen) atoms. The molecule has 0 aliphatic carbocycles. The molecule has 0 atom stereocenters. The Balaban J connectivity index is 1.36. The maximum absolute atomic E-state index is 14.3. The van der Waals surface area contributed by atoms with E-state index in [0.717, 1.165) is 44.7 Å². The van der Waals surface area contributed by atoms with E-state index in [-0.39, 0.29) is 17.6 Å². The topological polar surface area (TPSA) is 80.1 Å². The summed E-state index contributed by atoms with van der Waals surface area (Å²) in [6, 6.07) is 3.63. The van der Waals surface area contributed by atoms with Crippen LogP contribution in [0.2, 0.25) is 0 Å². The predicted molar refractivity (Wildman–Crippen MR) is 87.5 cm³/mol. The summed E-state index contributed by atoms with van der Waals surface area (Å²) in [6.45, 7) is 3.49. The Morgan fingerprint density at radius 1 is 1.20 bits per heavy atom. The number of H-pyrrole nitrogens is 1. The molecule has 2 aliphatic heterocycles. The number of benzene rings is 1. The summed E-state index contributed by atoms with van der Waals surface area (Å²) < 4.78 is 25.2. The molecule has 130 valence electrons. The first-order valence-electron chi connectivity index (χ1n) is 8.57. The Hall–Kier alpha value is -2.32. The molecule has 4 heterocycles. The molecule has 5 rings (SSSR count). The summed E-state index contributed by atoms with van der Waals surface area (Å²) in [6.07, 6.45) is 3.74. The Morgan fingerprint density at radius 2 is 2.04 bits per heavy atom. The van der Waals surface area contributed by atoms with E-state index in [1.807, 2.05) is 0 Å². The van der Waals surface area contributed by atoms with Crippen molar-refractivity contribution < 1.29 is 13.7 Å². The molecule has 8 heteroatoms. The molecule has 0 spiro atoms. The van der Waals surface area contributed by atoms with E-state index in [9.17, 15) is 4.39 Å². The minimum atomic E-state index is -0.376. The Labute approximate surface area is 143 Å². The van der Waals surface area contributed by atoms with Crippen molar-refractivity contribution in [1.82, 2.24) is 25.2 Å². The second kappa shape index (κ2) is 5.89. The standard InChI is InChI=1S/C17H18FN5O2/c18-13-1-2-14-12(7-19-21-14)15(13)16-20-17(25-22-16)10-8-23(9-10)11-3-5-24-6-4-11/h1-2,7,10-11H,3-6,8-9H2,(H,19,21). The van der Waals surface area contributed by atoms with Gasteiger partial charge in [0, 0.05) is 37.7 Å². The maximum Gasteiger partial charge on any atom is 0.232 e. The molecule has 1 N–H and O–H groups in total. The predicted octanol–water partition coefficient (Wildman–Crippen LogP) is 2.33. The third-order valence-corrected chi connectivity index (χ3v) is 5.20. The van der Waals surface area contributed by atoms with Crippen LogP contribution in [0.3, 0.4) is 0 Å². The fourth-order valence-corrected chi connectivity index (χ4v) is 3.74. The number of ether oxygens (including phenoxy) is 1. The fourth-order valence-electron chi connectivity index (χ4n) is 3.74. The number of hydrogen-bond donors (Lipinski definition) is 1. The van der Waals surface area contributed by atoms with Crippen molar-refractivity contribution in [3.8, 4) is 11.4 Å². The molecule has 2 aromatic heterocycles. The average Bonchev–Trinajstić information content (AvgIpc) is 3.24. The lowest BCUT2D eigenvalue weighted by molar-refractivity contribution is -0.00325. The van der Waals surface area contributed by atoms with Gasteiger partial charge in [-0.3, -0.25) is 10.00 Å². The third kappa shape index (κ3) is 2.52. The van der Waals surface area contributed by atoms with Crippen LogP contribution >= 0.6 is 0 Å². The first-order valence-corrected chi connectivity index (χ1v) is 8.57. The van der Waals surface area contributed by atoms with Crippen molar-refractivity contribution in [3.63, 3.8) is 0 Å². The van der Waals surface area contributed by atoms with Gasteiger partial charge in [-0.2, -0.15) is 10.1 Å². The number of aromatic nitrogens is 4.